The molecule has 132 valence electrons. The maximum atomic E-state index is 12.2. The van der Waals surface area contributed by atoms with Crippen LogP contribution in [0.15, 0.2) is 60.9 Å². The van der Waals surface area contributed by atoms with E-state index < -0.39 is 0 Å². The predicted molar refractivity (Wildman–Crippen MR) is 103 cm³/mol. The van der Waals surface area contributed by atoms with Gasteiger partial charge < -0.3 is 10.6 Å². The van der Waals surface area contributed by atoms with Gasteiger partial charge in [0.05, 0.1) is 12.4 Å². The molecule has 5 heteroatoms. The van der Waals surface area contributed by atoms with Gasteiger partial charge in [-0.25, -0.2) is 9.97 Å². The highest BCUT2D eigenvalue weighted by Gasteiger charge is 2.07. The summed E-state index contributed by atoms with van der Waals surface area (Å²) in [4.78, 5) is 20.6. The summed E-state index contributed by atoms with van der Waals surface area (Å²) in [6.07, 6.45) is 3.07. The summed E-state index contributed by atoms with van der Waals surface area (Å²) in [5.74, 6) is 0.406. The van der Waals surface area contributed by atoms with Gasteiger partial charge in [-0.2, -0.15) is 0 Å². The molecule has 3 rings (SSSR count). The monoisotopic (exact) mass is 346 g/mol. The number of hydrogen-bond donors (Lipinski definition) is 2. The molecule has 0 bridgehead atoms. The fourth-order valence-electron chi connectivity index (χ4n) is 2.41. The second-order valence-electron chi connectivity index (χ2n) is 6.29. The summed E-state index contributed by atoms with van der Waals surface area (Å²) >= 11 is 0. The highest BCUT2D eigenvalue weighted by Crippen LogP contribution is 2.08. The molecule has 3 aromatic rings. The van der Waals surface area contributed by atoms with Gasteiger partial charge in [-0.05, 0) is 25.0 Å². The molecule has 0 aliphatic carbocycles. The lowest BCUT2D eigenvalue weighted by molar-refractivity contribution is 0.0945. The predicted octanol–water partition coefficient (Wildman–Crippen LogP) is 3.64. The van der Waals surface area contributed by atoms with Crippen LogP contribution >= 0.6 is 0 Å². The van der Waals surface area contributed by atoms with E-state index in [0.29, 0.717) is 24.6 Å². The fourth-order valence-corrected chi connectivity index (χ4v) is 2.41. The van der Waals surface area contributed by atoms with Crippen LogP contribution in [0, 0.1) is 13.8 Å². The van der Waals surface area contributed by atoms with E-state index in [9.17, 15) is 4.79 Å². The molecule has 1 heterocycles. The first-order valence-electron chi connectivity index (χ1n) is 8.55. The molecule has 0 atom stereocenters. The van der Waals surface area contributed by atoms with Crippen LogP contribution in [0.5, 0.6) is 0 Å². The van der Waals surface area contributed by atoms with E-state index in [1.807, 2.05) is 31.2 Å². The molecular formula is C21H22N4O. The van der Waals surface area contributed by atoms with E-state index in [0.717, 1.165) is 11.1 Å². The highest BCUT2D eigenvalue weighted by molar-refractivity contribution is 5.91. The number of rotatable bonds is 6. The second-order valence-corrected chi connectivity index (χ2v) is 6.29. The van der Waals surface area contributed by atoms with Gasteiger partial charge in [0.25, 0.3) is 5.91 Å². The van der Waals surface area contributed by atoms with Crippen LogP contribution in [0.2, 0.25) is 0 Å². The third-order valence-electron chi connectivity index (χ3n) is 4.05. The van der Waals surface area contributed by atoms with Crippen molar-refractivity contribution in [1.82, 2.24) is 15.3 Å². The molecule has 0 saturated heterocycles. The van der Waals surface area contributed by atoms with Gasteiger partial charge >= 0.3 is 0 Å². The van der Waals surface area contributed by atoms with Crippen molar-refractivity contribution in [1.29, 1.82) is 0 Å². The van der Waals surface area contributed by atoms with Crippen molar-refractivity contribution in [3.05, 3.63) is 88.9 Å². The van der Waals surface area contributed by atoms with Crippen LogP contribution < -0.4 is 10.6 Å². The minimum absolute atomic E-state index is 0.233. The molecule has 0 fully saturated rings. The van der Waals surface area contributed by atoms with Crippen molar-refractivity contribution < 1.29 is 4.79 Å². The third-order valence-corrected chi connectivity index (χ3v) is 4.05. The van der Waals surface area contributed by atoms with E-state index in [1.165, 1.54) is 17.3 Å². The van der Waals surface area contributed by atoms with Crippen molar-refractivity contribution >= 4 is 11.7 Å². The quantitative estimate of drug-likeness (QED) is 0.715. The van der Waals surface area contributed by atoms with E-state index in [2.05, 4.69) is 51.8 Å². The Balaban J connectivity index is 1.52. The summed E-state index contributed by atoms with van der Waals surface area (Å²) in [5.41, 5.74) is 4.94. The Morgan fingerprint density at radius 2 is 1.38 bits per heavy atom. The molecule has 26 heavy (non-hydrogen) atoms. The minimum atomic E-state index is -0.233. The summed E-state index contributed by atoms with van der Waals surface area (Å²) in [7, 11) is 0. The van der Waals surface area contributed by atoms with E-state index >= 15 is 0 Å². The molecule has 0 saturated carbocycles. The maximum Gasteiger partial charge on any atom is 0.271 e. The lowest BCUT2D eigenvalue weighted by atomic mass is 10.1. The van der Waals surface area contributed by atoms with Gasteiger partial charge in [-0.15, -0.1) is 0 Å². The first kappa shape index (κ1) is 17.6. The second kappa shape index (κ2) is 8.25. The average molecular weight is 346 g/mol. The van der Waals surface area contributed by atoms with E-state index in [-0.39, 0.29) is 5.91 Å². The number of nitrogens with zero attached hydrogens (tertiary/aromatic N) is 2. The zero-order chi connectivity index (χ0) is 18.4. The number of anilines is 1. The average Bonchev–Trinajstić information content (AvgIpc) is 2.67. The van der Waals surface area contributed by atoms with Crippen molar-refractivity contribution in [3.8, 4) is 0 Å². The SMILES string of the molecule is Cc1ccc(CNC(=O)c2cnc(NCc3ccc(C)cc3)cn2)cc1. The van der Waals surface area contributed by atoms with Gasteiger partial charge in [0.15, 0.2) is 0 Å². The van der Waals surface area contributed by atoms with Gasteiger partial charge in [0, 0.05) is 13.1 Å². The van der Waals surface area contributed by atoms with Crippen molar-refractivity contribution in [3.63, 3.8) is 0 Å². The molecule has 0 unspecified atom stereocenters. The topological polar surface area (TPSA) is 66.9 Å². The molecule has 0 aliphatic heterocycles. The van der Waals surface area contributed by atoms with Crippen molar-refractivity contribution in [2.75, 3.05) is 5.32 Å². The number of hydrogen-bond acceptors (Lipinski definition) is 4. The standard InChI is InChI=1S/C21H22N4O/c1-15-3-7-17(8-4-15)11-23-20-14-22-19(13-24-20)21(26)25-12-18-9-5-16(2)6-10-18/h3-10,13-14H,11-12H2,1-2H3,(H,23,24)(H,25,26). The number of amides is 1. The molecule has 1 amide bonds. The number of aryl methyl sites for hydroxylation is 2. The summed E-state index contributed by atoms with van der Waals surface area (Å²) in [5, 5.41) is 6.06. The molecule has 2 aromatic carbocycles. The summed E-state index contributed by atoms with van der Waals surface area (Å²) < 4.78 is 0. The number of aromatic nitrogens is 2. The molecule has 2 N–H and O–H groups in total. The van der Waals surface area contributed by atoms with Crippen molar-refractivity contribution in [2.24, 2.45) is 0 Å². The van der Waals surface area contributed by atoms with Gasteiger partial charge in [-0.1, -0.05) is 59.7 Å². The number of benzene rings is 2. The lowest BCUT2D eigenvalue weighted by Gasteiger charge is -2.07. The smallest absolute Gasteiger partial charge is 0.271 e. The summed E-state index contributed by atoms with van der Waals surface area (Å²) in [6.45, 7) is 5.22. The molecular weight excluding hydrogens is 324 g/mol. The normalized spacial score (nSPS) is 10.4. The number of carbonyl (C=O) groups is 1. The lowest BCUT2D eigenvalue weighted by Crippen LogP contribution is -2.24. The van der Waals surface area contributed by atoms with Crippen LogP contribution in [0.3, 0.4) is 0 Å². The minimum Gasteiger partial charge on any atom is -0.365 e. The van der Waals surface area contributed by atoms with Gasteiger partial charge in [0.1, 0.15) is 11.5 Å². The third kappa shape index (κ3) is 4.89. The van der Waals surface area contributed by atoms with Gasteiger partial charge in [0.2, 0.25) is 0 Å². The Hall–Kier alpha value is -3.21. The maximum absolute atomic E-state index is 12.2. The van der Waals surface area contributed by atoms with E-state index in [4.69, 9.17) is 0 Å². The Morgan fingerprint density at radius 1 is 0.808 bits per heavy atom. The van der Waals surface area contributed by atoms with Crippen LogP contribution in [-0.4, -0.2) is 15.9 Å². The first-order valence-corrected chi connectivity index (χ1v) is 8.55. The molecule has 0 radical (unpaired) electrons. The van der Waals surface area contributed by atoms with Crippen LogP contribution in [0.1, 0.15) is 32.7 Å². The van der Waals surface area contributed by atoms with Crippen LogP contribution in [0.25, 0.3) is 0 Å². The Kier molecular flexibility index (Phi) is 5.59. The molecule has 0 aliphatic rings. The number of nitrogens with one attached hydrogen (secondary N) is 2. The molecule has 5 nitrogen and oxygen atoms in total. The first-order chi connectivity index (χ1) is 12.6. The summed E-state index contributed by atoms with van der Waals surface area (Å²) in [6, 6.07) is 16.3. The zero-order valence-electron chi connectivity index (χ0n) is 15.0. The van der Waals surface area contributed by atoms with Crippen LogP contribution in [-0.2, 0) is 13.1 Å². The Morgan fingerprint density at radius 3 is 1.92 bits per heavy atom. The van der Waals surface area contributed by atoms with Crippen molar-refractivity contribution in [2.45, 2.75) is 26.9 Å². The largest absolute Gasteiger partial charge is 0.365 e. The number of carbonyl (C=O) groups excluding carboxylic acids is 1. The molecule has 0 spiro atoms. The fraction of sp³-hybridized carbons (Fsp3) is 0.190. The highest BCUT2D eigenvalue weighted by atomic mass is 16.1. The Labute approximate surface area is 153 Å². The van der Waals surface area contributed by atoms with Crippen LogP contribution in [0.4, 0.5) is 5.82 Å². The zero-order valence-corrected chi connectivity index (χ0v) is 15.0. The Bertz CT molecular complexity index is 856. The van der Waals surface area contributed by atoms with Gasteiger partial charge in [-0.3, -0.25) is 4.79 Å². The molecule has 1 aromatic heterocycles. The van der Waals surface area contributed by atoms with E-state index in [1.54, 1.807) is 6.20 Å².